The Balaban J connectivity index is 1.56. The van der Waals surface area contributed by atoms with Crippen LogP contribution in [-0.2, 0) is 16.7 Å². The van der Waals surface area contributed by atoms with Crippen molar-refractivity contribution in [1.82, 2.24) is 5.32 Å². The Morgan fingerprint density at radius 3 is 2.09 bits per heavy atom. The van der Waals surface area contributed by atoms with Crippen LogP contribution in [0.25, 0.3) is 0 Å². The molecule has 0 aliphatic carbocycles. The molecular weight excluding hydrogens is 444 g/mol. The molecule has 7 heteroatoms. The summed E-state index contributed by atoms with van der Waals surface area (Å²) in [6, 6.07) is 21.1. The molecule has 0 saturated heterocycles. The predicted octanol–water partition coefficient (Wildman–Crippen LogP) is 5.70. The molecule has 3 rings (SSSR count). The number of ether oxygens (including phenoxy) is 2. The van der Waals surface area contributed by atoms with Crippen LogP contribution < -0.4 is 15.4 Å². The monoisotopic (exact) mass is 474 g/mol. The van der Waals surface area contributed by atoms with Crippen LogP contribution in [-0.4, -0.2) is 24.6 Å². The largest absolute Gasteiger partial charge is 0.513 e. The molecule has 0 fully saturated rings. The van der Waals surface area contributed by atoms with Gasteiger partial charge in [-0.15, -0.1) is 0 Å². The van der Waals surface area contributed by atoms with Crippen LogP contribution in [0.15, 0.2) is 72.8 Å². The van der Waals surface area contributed by atoms with Gasteiger partial charge in [-0.1, -0.05) is 45.0 Å². The second-order valence-electron chi connectivity index (χ2n) is 8.97. The molecule has 2 N–H and O–H groups in total. The minimum absolute atomic E-state index is 0.0201. The molecule has 0 heterocycles. The number of nitrogens with one attached hydrogen (secondary N) is 2. The molecule has 0 aromatic heterocycles. The molecule has 35 heavy (non-hydrogen) atoms. The lowest BCUT2D eigenvalue weighted by Gasteiger charge is -2.19. The Bertz CT molecular complexity index is 1180. The van der Waals surface area contributed by atoms with Gasteiger partial charge in [-0.25, -0.2) is 4.79 Å². The highest BCUT2D eigenvalue weighted by Crippen LogP contribution is 2.22. The maximum Gasteiger partial charge on any atom is 0.513 e. The summed E-state index contributed by atoms with van der Waals surface area (Å²) in [6.07, 6.45) is -0.793. The lowest BCUT2D eigenvalue weighted by atomic mass is 9.87. The third kappa shape index (κ3) is 7.43. The molecule has 182 valence electrons. The van der Waals surface area contributed by atoms with Crippen LogP contribution in [0.1, 0.15) is 59.5 Å². The average Bonchev–Trinajstić information content (AvgIpc) is 2.83. The van der Waals surface area contributed by atoms with Gasteiger partial charge in [0.2, 0.25) is 0 Å². The Morgan fingerprint density at radius 2 is 1.46 bits per heavy atom. The maximum atomic E-state index is 12.6. The van der Waals surface area contributed by atoms with E-state index in [1.165, 1.54) is 12.1 Å². The van der Waals surface area contributed by atoms with Gasteiger partial charge in [0.1, 0.15) is 5.75 Å². The average molecular weight is 475 g/mol. The van der Waals surface area contributed by atoms with Crippen molar-refractivity contribution < 1.29 is 23.9 Å². The number of hydrogen-bond acceptors (Lipinski definition) is 5. The first-order valence-corrected chi connectivity index (χ1v) is 11.4. The zero-order valence-electron chi connectivity index (χ0n) is 20.4. The molecule has 0 saturated carbocycles. The molecule has 0 bridgehead atoms. The fraction of sp³-hybridized carbons (Fsp3) is 0.250. The molecule has 0 unspecified atom stereocenters. The van der Waals surface area contributed by atoms with Gasteiger partial charge in [-0.05, 0) is 72.0 Å². The van der Waals surface area contributed by atoms with Crippen molar-refractivity contribution >= 4 is 23.7 Å². The van der Waals surface area contributed by atoms with Crippen molar-refractivity contribution in [3.63, 3.8) is 0 Å². The van der Waals surface area contributed by atoms with E-state index >= 15 is 0 Å². The maximum absolute atomic E-state index is 12.6. The van der Waals surface area contributed by atoms with E-state index in [1.807, 2.05) is 42.5 Å². The lowest BCUT2D eigenvalue weighted by molar-refractivity contribution is 0.0950. The summed E-state index contributed by atoms with van der Waals surface area (Å²) in [5.41, 5.74) is 3.65. The van der Waals surface area contributed by atoms with Gasteiger partial charge in [0.05, 0.1) is 6.61 Å². The van der Waals surface area contributed by atoms with Gasteiger partial charge in [0.15, 0.2) is 0 Å². The fourth-order valence-corrected chi connectivity index (χ4v) is 3.29. The number of amides is 2. The van der Waals surface area contributed by atoms with Gasteiger partial charge in [0.25, 0.3) is 11.8 Å². The first-order chi connectivity index (χ1) is 16.7. The standard InChI is InChI=1S/C28H30N2O5/c1-5-34-27(33)35-24-15-11-20(12-16-24)25(31)29-18-19-7-6-8-23(17-19)30-26(32)21-9-13-22(14-10-21)28(2,3)4/h6-17H,5,18H2,1-4H3,(H,29,31)(H,30,32). The van der Waals surface area contributed by atoms with Crippen LogP contribution in [0.2, 0.25) is 0 Å². The van der Waals surface area contributed by atoms with Crippen molar-refractivity contribution in [2.75, 3.05) is 11.9 Å². The summed E-state index contributed by atoms with van der Waals surface area (Å²) in [6.45, 7) is 8.56. The Morgan fingerprint density at radius 1 is 0.829 bits per heavy atom. The Labute approximate surface area is 205 Å². The fourth-order valence-electron chi connectivity index (χ4n) is 3.29. The molecule has 0 atom stereocenters. The van der Waals surface area contributed by atoms with E-state index in [4.69, 9.17) is 9.47 Å². The summed E-state index contributed by atoms with van der Waals surface area (Å²) in [4.78, 5) is 36.5. The van der Waals surface area contributed by atoms with E-state index < -0.39 is 6.16 Å². The number of carbonyl (C=O) groups is 3. The Hall–Kier alpha value is -4.13. The lowest BCUT2D eigenvalue weighted by Crippen LogP contribution is -2.23. The van der Waals surface area contributed by atoms with Gasteiger partial charge in [0, 0.05) is 23.4 Å². The van der Waals surface area contributed by atoms with Gasteiger partial charge < -0.3 is 20.1 Å². The van der Waals surface area contributed by atoms with E-state index in [0.29, 0.717) is 16.8 Å². The zero-order valence-corrected chi connectivity index (χ0v) is 20.4. The molecule has 3 aromatic rings. The van der Waals surface area contributed by atoms with E-state index in [-0.39, 0.29) is 36.1 Å². The van der Waals surface area contributed by atoms with Gasteiger partial charge in [-0.2, -0.15) is 0 Å². The topological polar surface area (TPSA) is 93.7 Å². The highest BCUT2D eigenvalue weighted by atomic mass is 16.7. The smallest absolute Gasteiger partial charge is 0.434 e. The molecule has 3 aromatic carbocycles. The van der Waals surface area contributed by atoms with Crippen LogP contribution >= 0.6 is 0 Å². The highest BCUT2D eigenvalue weighted by Gasteiger charge is 2.14. The van der Waals surface area contributed by atoms with Crippen molar-refractivity contribution in [3.05, 3.63) is 95.1 Å². The summed E-state index contributed by atoms with van der Waals surface area (Å²) in [5, 5.41) is 5.75. The first kappa shape index (κ1) is 25.5. The number of anilines is 1. The van der Waals surface area contributed by atoms with Crippen molar-refractivity contribution in [2.45, 2.75) is 39.7 Å². The molecule has 0 aliphatic heterocycles. The number of carbonyl (C=O) groups excluding carboxylic acids is 3. The number of hydrogen-bond donors (Lipinski definition) is 2. The summed E-state index contributed by atoms with van der Waals surface area (Å²) < 4.78 is 9.71. The summed E-state index contributed by atoms with van der Waals surface area (Å²) in [7, 11) is 0. The number of benzene rings is 3. The van der Waals surface area contributed by atoms with E-state index in [1.54, 1.807) is 25.1 Å². The third-order valence-corrected chi connectivity index (χ3v) is 5.23. The second kappa shape index (κ2) is 11.3. The third-order valence-electron chi connectivity index (χ3n) is 5.23. The normalized spacial score (nSPS) is 10.9. The molecule has 0 spiro atoms. The van der Waals surface area contributed by atoms with Gasteiger partial charge >= 0.3 is 6.16 Å². The molecule has 2 amide bonds. The predicted molar refractivity (Wildman–Crippen MR) is 135 cm³/mol. The summed E-state index contributed by atoms with van der Waals surface area (Å²) in [5.74, 6) is -0.186. The van der Waals surface area contributed by atoms with Crippen molar-refractivity contribution in [2.24, 2.45) is 0 Å². The van der Waals surface area contributed by atoms with E-state index in [2.05, 4.69) is 31.4 Å². The SMILES string of the molecule is CCOC(=O)Oc1ccc(C(=O)NCc2cccc(NC(=O)c3ccc(C(C)(C)C)cc3)c2)cc1. The highest BCUT2D eigenvalue weighted by molar-refractivity contribution is 6.04. The van der Waals surface area contributed by atoms with E-state index in [9.17, 15) is 14.4 Å². The molecule has 7 nitrogen and oxygen atoms in total. The van der Waals surface area contributed by atoms with Crippen molar-refractivity contribution in [3.8, 4) is 5.75 Å². The molecule has 0 radical (unpaired) electrons. The minimum Gasteiger partial charge on any atom is -0.434 e. The van der Waals surface area contributed by atoms with Crippen LogP contribution in [0.4, 0.5) is 10.5 Å². The zero-order chi connectivity index (χ0) is 25.4. The first-order valence-electron chi connectivity index (χ1n) is 11.4. The van der Waals surface area contributed by atoms with Gasteiger partial charge in [-0.3, -0.25) is 9.59 Å². The quantitative estimate of drug-likeness (QED) is 0.338. The minimum atomic E-state index is -0.793. The molecular formula is C28H30N2O5. The number of rotatable bonds is 7. The second-order valence-corrected chi connectivity index (χ2v) is 8.97. The van der Waals surface area contributed by atoms with Crippen LogP contribution in [0.5, 0.6) is 5.75 Å². The Kier molecular flexibility index (Phi) is 8.25. The van der Waals surface area contributed by atoms with Crippen molar-refractivity contribution in [1.29, 1.82) is 0 Å². The molecule has 0 aliphatic rings. The summed E-state index contributed by atoms with van der Waals surface area (Å²) >= 11 is 0. The van der Waals surface area contributed by atoms with Crippen LogP contribution in [0.3, 0.4) is 0 Å². The van der Waals surface area contributed by atoms with E-state index in [0.717, 1.165) is 11.1 Å². The van der Waals surface area contributed by atoms with Crippen LogP contribution in [0, 0.1) is 0 Å².